The molecule has 3 rings (SSSR count). The predicted molar refractivity (Wildman–Crippen MR) is 83.9 cm³/mol. The molecule has 0 spiro atoms. The minimum atomic E-state index is 0.508. The summed E-state index contributed by atoms with van der Waals surface area (Å²) in [5, 5.41) is 5.00. The van der Waals surface area contributed by atoms with Crippen LogP contribution in [-0.2, 0) is 13.0 Å². The lowest BCUT2D eigenvalue weighted by molar-refractivity contribution is 0.310. The summed E-state index contributed by atoms with van der Waals surface area (Å²) in [7, 11) is 0. The first-order valence-electron chi connectivity index (χ1n) is 6.89. The van der Waals surface area contributed by atoms with Crippen LogP contribution in [0.1, 0.15) is 16.8 Å². The van der Waals surface area contributed by atoms with E-state index in [1.165, 1.54) is 5.56 Å². The molecular weight excluding hydrogens is 286 g/mol. The van der Waals surface area contributed by atoms with E-state index in [2.05, 4.69) is 30.3 Å². The van der Waals surface area contributed by atoms with Gasteiger partial charge in [0, 0.05) is 12.3 Å². The molecule has 0 unspecified atom stereocenters. The van der Waals surface area contributed by atoms with Crippen molar-refractivity contribution >= 4 is 22.6 Å². The second-order valence-electron chi connectivity index (χ2n) is 4.98. The Morgan fingerprint density at radius 1 is 1.19 bits per heavy atom. The van der Waals surface area contributed by atoms with Gasteiger partial charge in [-0.1, -0.05) is 41.1 Å². The fourth-order valence-electron chi connectivity index (χ4n) is 2.36. The fraction of sp³-hybridized carbons (Fsp3) is 0.235. The van der Waals surface area contributed by atoms with Gasteiger partial charge in [-0.3, -0.25) is 0 Å². The number of hydrogen-bond donors (Lipinski definition) is 0. The first kappa shape index (κ1) is 14.0. The molecule has 0 radical (unpaired) electrons. The van der Waals surface area contributed by atoms with E-state index in [1.54, 1.807) is 0 Å². The lowest BCUT2D eigenvalue weighted by Gasteiger charge is -2.08. The van der Waals surface area contributed by atoms with Crippen molar-refractivity contribution in [3.63, 3.8) is 0 Å². The number of rotatable bonds is 5. The molecule has 0 fully saturated rings. The Hall–Kier alpha value is -2.00. The Kier molecular flexibility index (Phi) is 4.11. The van der Waals surface area contributed by atoms with E-state index < -0.39 is 0 Å². The highest BCUT2D eigenvalue weighted by Crippen LogP contribution is 2.30. The van der Waals surface area contributed by atoms with Crippen LogP contribution in [0.2, 0.25) is 0 Å². The summed E-state index contributed by atoms with van der Waals surface area (Å²) in [6.07, 6.45) is 0.666. The molecule has 0 amide bonds. The van der Waals surface area contributed by atoms with E-state index >= 15 is 0 Å². The minimum absolute atomic E-state index is 0.508. The van der Waals surface area contributed by atoms with Gasteiger partial charge in [0.15, 0.2) is 5.58 Å². The smallest absolute Gasteiger partial charge is 0.170 e. The van der Waals surface area contributed by atoms with Gasteiger partial charge in [0.1, 0.15) is 12.4 Å². The van der Waals surface area contributed by atoms with Crippen molar-refractivity contribution in [1.29, 1.82) is 0 Å². The maximum absolute atomic E-state index is 5.96. The molecule has 108 valence electrons. The van der Waals surface area contributed by atoms with Crippen LogP contribution in [0.4, 0.5) is 0 Å². The summed E-state index contributed by atoms with van der Waals surface area (Å²) < 4.78 is 11.3. The van der Waals surface area contributed by atoms with Crippen molar-refractivity contribution in [3.05, 3.63) is 59.3 Å². The van der Waals surface area contributed by atoms with Gasteiger partial charge in [0.25, 0.3) is 0 Å². The van der Waals surface area contributed by atoms with Gasteiger partial charge >= 0.3 is 0 Å². The molecule has 3 aromatic rings. The number of halogens is 1. The second-order valence-corrected chi connectivity index (χ2v) is 5.35. The summed E-state index contributed by atoms with van der Waals surface area (Å²) in [4.78, 5) is 0. The first-order valence-corrected chi connectivity index (χ1v) is 7.43. The molecule has 0 N–H and O–H groups in total. The van der Waals surface area contributed by atoms with Gasteiger partial charge in [-0.25, -0.2) is 0 Å². The molecule has 0 aliphatic carbocycles. The van der Waals surface area contributed by atoms with Crippen molar-refractivity contribution in [2.45, 2.75) is 20.0 Å². The zero-order chi connectivity index (χ0) is 14.7. The second kappa shape index (κ2) is 6.19. The molecule has 2 aromatic carbocycles. The quantitative estimate of drug-likeness (QED) is 0.651. The number of ether oxygens (including phenoxy) is 1. The van der Waals surface area contributed by atoms with Crippen LogP contribution in [0.5, 0.6) is 5.75 Å². The van der Waals surface area contributed by atoms with Crippen LogP contribution in [0, 0.1) is 6.92 Å². The van der Waals surface area contributed by atoms with E-state index in [1.807, 2.05) is 24.3 Å². The molecule has 1 heterocycles. The zero-order valence-corrected chi connectivity index (χ0v) is 12.6. The molecule has 0 aliphatic rings. The highest BCUT2D eigenvalue weighted by molar-refractivity contribution is 6.18. The van der Waals surface area contributed by atoms with Gasteiger partial charge in [0.2, 0.25) is 0 Å². The average Bonchev–Trinajstić information content (AvgIpc) is 2.90. The average molecular weight is 302 g/mol. The van der Waals surface area contributed by atoms with Crippen molar-refractivity contribution in [1.82, 2.24) is 5.16 Å². The molecule has 0 aliphatic heterocycles. The van der Waals surface area contributed by atoms with Gasteiger partial charge in [-0.15, -0.1) is 11.6 Å². The Bertz CT molecular complexity index is 751. The highest BCUT2D eigenvalue weighted by atomic mass is 35.5. The molecule has 21 heavy (non-hydrogen) atoms. The minimum Gasteiger partial charge on any atom is -0.488 e. The summed E-state index contributed by atoms with van der Waals surface area (Å²) in [5.74, 6) is 1.30. The number of aryl methyl sites for hydroxylation is 2. The number of hydrogen-bond acceptors (Lipinski definition) is 3. The first-order chi connectivity index (χ1) is 10.3. The molecule has 0 atom stereocenters. The maximum Gasteiger partial charge on any atom is 0.170 e. The third-order valence-electron chi connectivity index (χ3n) is 3.34. The van der Waals surface area contributed by atoms with E-state index in [4.69, 9.17) is 20.9 Å². The lowest BCUT2D eigenvalue weighted by atomic mass is 10.1. The number of benzene rings is 2. The largest absolute Gasteiger partial charge is 0.488 e. The Morgan fingerprint density at radius 2 is 2.05 bits per heavy atom. The summed E-state index contributed by atoms with van der Waals surface area (Å²) in [5.41, 5.74) is 3.95. The predicted octanol–water partition coefficient (Wildman–Crippen LogP) is 4.50. The third-order valence-corrected chi connectivity index (χ3v) is 3.53. The maximum atomic E-state index is 5.96. The van der Waals surface area contributed by atoms with Crippen LogP contribution < -0.4 is 4.74 Å². The summed E-state index contributed by atoms with van der Waals surface area (Å²) in [6.45, 7) is 2.59. The molecule has 1 aromatic heterocycles. The van der Waals surface area contributed by atoms with E-state index in [-0.39, 0.29) is 0 Å². The van der Waals surface area contributed by atoms with Crippen LogP contribution in [-0.4, -0.2) is 11.0 Å². The Balaban J connectivity index is 1.88. The Morgan fingerprint density at radius 3 is 2.86 bits per heavy atom. The van der Waals surface area contributed by atoms with Gasteiger partial charge in [0.05, 0.1) is 11.1 Å². The summed E-state index contributed by atoms with van der Waals surface area (Å²) >= 11 is 5.81. The topological polar surface area (TPSA) is 35.3 Å². The number of nitrogens with zero attached hydrogens (tertiary/aromatic N) is 1. The number of alkyl halides is 1. The van der Waals surface area contributed by atoms with Crippen LogP contribution in [0.15, 0.2) is 47.0 Å². The standard InChI is InChI=1S/C17H16ClNO2/c1-12-4-2-5-13(10-12)11-20-15-6-3-7-16-17(15)14(8-9-18)19-21-16/h2-7,10H,8-9,11H2,1H3. The van der Waals surface area contributed by atoms with Gasteiger partial charge in [-0.2, -0.15) is 0 Å². The van der Waals surface area contributed by atoms with Crippen LogP contribution in [0.25, 0.3) is 11.0 Å². The summed E-state index contributed by atoms with van der Waals surface area (Å²) in [6, 6.07) is 14.0. The molecule has 3 nitrogen and oxygen atoms in total. The lowest BCUT2D eigenvalue weighted by Crippen LogP contribution is -1.97. The molecule has 0 saturated carbocycles. The van der Waals surface area contributed by atoms with Gasteiger partial charge < -0.3 is 9.26 Å². The normalized spacial score (nSPS) is 11.0. The Labute approximate surface area is 128 Å². The van der Waals surface area contributed by atoms with Gasteiger partial charge in [-0.05, 0) is 24.6 Å². The van der Waals surface area contributed by atoms with Crippen molar-refractivity contribution in [2.75, 3.05) is 5.88 Å². The van der Waals surface area contributed by atoms with E-state index in [0.717, 1.165) is 28.0 Å². The molecule has 4 heteroatoms. The monoisotopic (exact) mass is 301 g/mol. The van der Waals surface area contributed by atoms with Crippen molar-refractivity contribution in [3.8, 4) is 5.75 Å². The molecular formula is C17H16ClNO2. The van der Waals surface area contributed by atoms with Crippen LogP contribution in [0.3, 0.4) is 0 Å². The highest BCUT2D eigenvalue weighted by Gasteiger charge is 2.13. The van der Waals surface area contributed by atoms with E-state index in [9.17, 15) is 0 Å². The third kappa shape index (κ3) is 3.03. The molecule has 0 saturated heterocycles. The van der Waals surface area contributed by atoms with Crippen molar-refractivity contribution < 1.29 is 9.26 Å². The SMILES string of the molecule is Cc1cccc(COc2cccc3onc(CCCl)c23)c1. The fourth-order valence-corrected chi connectivity index (χ4v) is 2.54. The van der Waals surface area contributed by atoms with E-state index in [0.29, 0.717) is 18.9 Å². The molecule has 0 bridgehead atoms. The zero-order valence-electron chi connectivity index (χ0n) is 11.8. The van der Waals surface area contributed by atoms with Crippen LogP contribution >= 0.6 is 11.6 Å². The number of aromatic nitrogens is 1. The van der Waals surface area contributed by atoms with Crippen molar-refractivity contribution in [2.24, 2.45) is 0 Å². The number of fused-ring (bicyclic) bond motifs is 1.